The van der Waals surface area contributed by atoms with Crippen LogP contribution in [0.3, 0.4) is 0 Å². The van der Waals surface area contributed by atoms with Crippen LogP contribution in [0.1, 0.15) is 34.8 Å². The van der Waals surface area contributed by atoms with Crippen LogP contribution in [0.15, 0.2) is 36.8 Å². The number of hydrogen-bond donors (Lipinski definition) is 0. The number of carbonyl (C=O) groups is 1. The molecule has 3 heterocycles. The van der Waals surface area contributed by atoms with E-state index in [4.69, 9.17) is 9.47 Å². The number of rotatable bonds is 2. The average molecular weight is 311 g/mol. The van der Waals surface area contributed by atoms with E-state index in [0.29, 0.717) is 23.6 Å². The number of likely N-dealkylation sites (tertiary alicyclic amines) is 1. The van der Waals surface area contributed by atoms with Gasteiger partial charge in [0.2, 0.25) is 6.79 Å². The third kappa shape index (κ3) is 2.72. The molecule has 0 bridgehead atoms. The van der Waals surface area contributed by atoms with Crippen molar-refractivity contribution in [3.05, 3.63) is 48.0 Å². The molecule has 1 aromatic carbocycles. The van der Waals surface area contributed by atoms with Crippen molar-refractivity contribution in [1.29, 1.82) is 0 Å². The minimum absolute atomic E-state index is 0.0297. The van der Waals surface area contributed by atoms with E-state index in [1.807, 2.05) is 11.0 Å². The van der Waals surface area contributed by atoms with Crippen LogP contribution in [-0.4, -0.2) is 40.7 Å². The zero-order valence-electron chi connectivity index (χ0n) is 12.6. The monoisotopic (exact) mass is 311 g/mol. The normalized spacial score (nSPS) is 19.7. The summed E-state index contributed by atoms with van der Waals surface area (Å²) in [7, 11) is 0. The Morgan fingerprint density at radius 2 is 2.13 bits per heavy atom. The molecule has 0 saturated carbocycles. The van der Waals surface area contributed by atoms with Crippen molar-refractivity contribution in [2.24, 2.45) is 0 Å². The minimum Gasteiger partial charge on any atom is -0.454 e. The van der Waals surface area contributed by atoms with Crippen molar-refractivity contribution in [2.75, 3.05) is 19.9 Å². The Morgan fingerprint density at radius 1 is 1.22 bits per heavy atom. The quantitative estimate of drug-likeness (QED) is 0.851. The fraction of sp³-hybridized carbons (Fsp3) is 0.353. The molecule has 4 rings (SSSR count). The van der Waals surface area contributed by atoms with Crippen molar-refractivity contribution < 1.29 is 14.3 Å². The predicted octanol–water partition coefficient (Wildman–Crippen LogP) is 2.23. The smallest absolute Gasteiger partial charge is 0.254 e. The minimum atomic E-state index is 0.0297. The Bertz CT molecular complexity index is 720. The van der Waals surface area contributed by atoms with Crippen molar-refractivity contribution in [2.45, 2.75) is 18.8 Å². The summed E-state index contributed by atoms with van der Waals surface area (Å²) in [5.74, 6) is 1.63. The molecule has 0 N–H and O–H groups in total. The standard InChI is InChI=1S/C17H17N3O3/c21-17(12-3-4-15-16(8-12)23-11-22-15)20-7-1-2-13(9-20)14-5-6-18-10-19-14/h3-6,8,10,13H,1-2,7,9,11H2/t13-/m0/s1. The molecule has 0 radical (unpaired) electrons. The van der Waals surface area contributed by atoms with Gasteiger partial charge >= 0.3 is 0 Å². The van der Waals surface area contributed by atoms with E-state index in [1.165, 1.54) is 0 Å². The lowest BCUT2D eigenvalue weighted by Gasteiger charge is -2.32. The molecular formula is C17H17N3O3. The highest BCUT2D eigenvalue weighted by atomic mass is 16.7. The maximum atomic E-state index is 12.8. The molecule has 1 atom stereocenters. The summed E-state index contributed by atoms with van der Waals surface area (Å²) in [4.78, 5) is 23.0. The van der Waals surface area contributed by atoms with E-state index in [2.05, 4.69) is 9.97 Å². The molecule has 0 unspecified atom stereocenters. The molecule has 0 spiro atoms. The van der Waals surface area contributed by atoms with Crippen LogP contribution in [0, 0.1) is 0 Å². The molecule has 2 aliphatic heterocycles. The molecule has 2 aliphatic rings. The Morgan fingerprint density at radius 3 is 3.00 bits per heavy atom. The Balaban J connectivity index is 1.52. The molecule has 6 heteroatoms. The lowest BCUT2D eigenvalue weighted by molar-refractivity contribution is 0.0705. The molecule has 2 aromatic rings. The van der Waals surface area contributed by atoms with Gasteiger partial charge in [-0.2, -0.15) is 0 Å². The third-order valence-corrected chi connectivity index (χ3v) is 4.35. The summed E-state index contributed by atoms with van der Waals surface area (Å²) in [6, 6.07) is 7.28. The molecule has 1 aromatic heterocycles. The SMILES string of the molecule is O=C(c1ccc2c(c1)OCO2)N1CCC[C@H](c2ccncn2)C1. The summed E-state index contributed by atoms with van der Waals surface area (Å²) in [5.41, 5.74) is 1.64. The number of ether oxygens (including phenoxy) is 2. The van der Waals surface area contributed by atoms with Crippen LogP contribution < -0.4 is 9.47 Å². The van der Waals surface area contributed by atoms with Crippen LogP contribution in [0.2, 0.25) is 0 Å². The van der Waals surface area contributed by atoms with Gasteiger partial charge in [-0.05, 0) is 37.1 Å². The van der Waals surface area contributed by atoms with Gasteiger partial charge in [0.15, 0.2) is 11.5 Å². The van der Waals surface area contributed by atoms with E-state index < -0.39 is 0 Å². The van der Waals surface area contributed by atoms with Crippen LogP contribution in [0.4, 0.5) is 0 Å². The highest BCUT2D eigenvalue weighted by Gasteiger charge is 2.27. The van der Waals surface area contributed by atoms with Crippen LogP contribution in [0.5, 0.6) is 11.5 Å². The van der Waals surface area contributed by atoms with Gasteiger partial charge in [-0.25, -0.2) is 9.97 Å². The summed E-state index contributed by atoms with van der Waals surface area (Å²) in [6.07, 6.45) is 5.34. The van der Waals surface area contributed by atoms with Gasteiger partial charge in [0.05, 0.1) is 0 Å². The van der Waals surface area contributed by atoms with Crippen molar-refractivity contribution in [3.8, 4) is 11.5 Å². The van der Waals surface area contributed by atoms with E-state index in [1.54, 1.807) is 30.7 Å². The average Bonchev–Trinajstić information content (AvgIpc) is 3.09. The topological polar surface area (TPSA) is 64.6 Å². The number of hydrogen-bond acceptors (Lipinski definition) is 5. The lowest BCUT2D eigenvalue weighted by atomic mass is 9.94. The Kier molecular flexibility index (Phi) is 3.57. The molecule has 1 amide bonds. The Hall–Kier alpha value is -2.63. The van der Waals surface area contributed by atoms with Crippen LogP contribution >= 0.6 is 0 Å². The summed E-state index contributed by atoms with van der Waals surface area (Å²) >= 11 is 0. The predicted molar refractivity (Wildman–Crippen MR) is 82.5 cm³/mol. The van der Waals surface area contributed by atoms with E-state index in [0.717, 1.165) is 25.1 Å². The second-order valence-corrected chi connectivity index (χ2v) is 5.79. The van der Waals surface area contributed by atoms with E-state index >= 15 is 0 Å². The van der Waals surface area contributed by atoms with Crippen molar-refractivity contribution >= 4 is 5.91 Å². The van der Waals surface area contributed by atoms with Gasteiger partial charge in [0, 0.05) is 36.5 Å². The number of carbonyl (C=O) groups excluding carboxylic acids is 1. The second-order valence-electron chi connectivity index (χ2n) is 5.79. The van der Waals surface area contributed by atoms with E-state index in [-0.39, 0.29) is 18.6 Å². The zero-order valence-corrected chi connectivity index (χ0v) is 12.6. The first-order valence-corrected chi connectivity index (χ1v) is 7.76. The molecule has 1 saturated heterocycles. The summed E-state index contributed by atoms with van der Waals surface area (Å²) in [5, 5.41) is 0. The second kappa shape index (κ2) is 5.87. The van der Waals surface area contributed by atoms with Crippen LogP contribution in [0.25, 0.3) is 0 Å². The number of aromatic nitrogens is 2. The van der Waals surface area contributed by atoms with Gasteiger partial charge in [0.25, 0.3) is 5.91 Å². The van der Waals surface area contributed by atoms with Crippen molar-refractivity contribution in [1.82, 2.24) is 14.9 Å². The maximum Gasteiger partial charge on any atom is 0.254 e. The zero-order chi connectivity index (χ0) is 15.6. The molecule has 0 aliphatic carbocycles. The Labute approximate surface area is 134 Å². The first kappa shape index (κ1) is 14.0. The fourth-order valence-electron chi connectivity index (χ4n) is 3.16. The molecule has 118 valence electrons. The first-order chi connectivity index (χ1) is 11.3. The molecular weight excluding hydrogens is 294 g/mol. The molecule has 23 heavy (non-hydrogen) atoms. The maximum absolute atomic E-state index is 12.8. The number of amides is 1. The highest BCUT2D eigenvalue weighted by molar-refractivity contribution is 5.95. The van der Waals surface area contributed by atoms with Gasteiger partial charge in [-0.3, -0.25) is 4.79 Å². The largest absolute Gasteiger partial charge is 0.454 e. The summed E-state index contributed by atoms with van der Waals surface area (Å²) < 4.78 is 10.6. The van der Waals surface area contributed by atoms with Crippen molar-refractivity contribution in [3.63, 3.8) is 0 Å². The van der Waals surface area contributed by atoms with Gasteiger partial charge in [0.1, 0.15) is 6.33 Å². The highest BCUT2D eigenvalue weighted by Crippen LogP contribution is 2.33. The van der Waals surface area contributed by atoms with Crippen LogP contribution in [-0.2, 0) is 0 Å². The summed E-state index contributed by atoms with van der Waals surface area (Å²) in [6.45, 7) is 1.67. The van der Waals surface area contributed by atoms with Gasteiger partial charge in [-0.15, -0.1) is 0 Å². The fourth-order valence-corrected chi connectivity index (χ4v) is 3.16. The number of fused-ring (bicyclic) bond motifs is 1. The first-order valence-electron chi connectivity index (χ1n) is 7.76. The van der Waals surface area contributed by atoms with Gasteiger partial charge < -0.3 is 14.4 Å². The third-order valence-electron chi connectivity index (χ3n) is 4.35. The number of benzene rings is 1. The lowest BCUT2D eigenvalue weighted by Crippen LogP contribution is -2.39. The number of nitrogens with zero attached hydrogens (tertiary/aromatic N) is 3. The molecule has 6 nitrogen and oxygen atoms in total. The van der Waals surface area contributed by atoms with Gasteiger partial charge in [-0.1, -0.05) is 0 Å². The number of piperidine rings is 1. The molecule has 1 fully saturated rings. The van der Waals surface area contributed by atoms with E-state index in [9.17, 15) is 4.79 Å².